The van der Waals surface area contributed by atoms with Crippen molar-refractivity contribution in [3.8, 4) is 0 Å². The molecule has 0 saturated heterocycles. The van der Waals surface area contributed by atoms with Gasteiger partial charge in [-0.15, -0.1) is 0 Å². The number of benzene rings is 1. The van der Waals surface area contributed by atoms with E-state index in [4.69, 9.17) is 0 Å². The number of sulfonamides is 1. The molecule has 0 amide bonds. The van der Waals surface area contributed by atoms with Gasteiger partial charge in [-0.05, 0) is 37.1 Å². The van der Waals surface area contributed by atoms with Crippen molar-refractivity contribution >= 4 is 16.0 Å². The highest BCUT2D eigenvalue weighted by Gasteiger charge is 2.33. The third-order valence-electron chi connectivity index (χ3n) is 3.62. The molecule has 3 N–H and O–H groups in total. The average Bonchev–Trinajstić information content (AvgIpc) is 3.19. The lowest BCUT2D eigenvalue weighted by Crippen LogP contribution is -2.38. The van der Waals surface area contributed by atoms with Gasteiger partial charge in [0.1, 0.15) is 0 Å². The van der Waals surface area contributed by atoms with Gasteiger partial charge in [0.2, 0.25) is 10.0 Å². The van der Waals surface area contributed by atoms with Gasteiger partial charge in [-0.2, -0.15) is 0 Å². The minimum atomic E-state index is -3.37. The smallest absolute Gasteiger partial charge is 0.240 e. The van der Waals surface area contributed by atoms with Crippen molar-refractivity contribution < 1.29 is 8.42 Å². The number of hydrogen-bond acceptors (Lipinski definition) is 3. The molecular formula is C14H22N4O2S. The van der Waals surface area contributed by atoms with E-state index in [1.165, 1.54) is 13.5 Å². The van der Waals surface area contributed by atoms with Crippen molar-refractivity contribution in [1.29, 1.82) is 0 Å². The SMILES string of the molecule is CN=C(NCc1ccc(S(=O)(=O)NC)cc1)NC1CC1C. The molecule has 7 heteroatoms. The van der Waals surface area contributed by atoms with Gasteiger partial charge < -0.3 is 10.6 Å². The van der Waals surface area contributed by atoms with Gasteiger partial charge in [-0.1, -0.05) is 19.1 Å². The minimum Gasteiger partial charge on any atom is -0.353 e. The number of nitrogens with zero attached hydrogens (tertiary/aromatic N) is 1. The van der Waals surface area contributed by atoms with Crippen LogP contribution in [0.25, 0.3) is 0 Å². The Morgan fingerprint density at radius 3 is 2.43 bits per heavy atom. The highest BCUT2D eigenvalue weighted by atomic mass is 32.2. The van der Waals surface area contributed by atoms with E-state index in [0.717, 1.165) is 11.5 Å². The van der Waals surface area contributed by atoms with Crippen LogP contribution in [0.15, 0.2) is 34.2 Å². The summed E-state index contributed by atoms with van der Waals surface area (Å²) in [4.78, 5) is 4.44. The van der Waals surface area contributed by atoms with Crippen molar-refractivity contribution in [2.75, 3.05) is 14.1 Å². The lowest BCUT2D eigenvalue weighted by Gasteiger charge is -2.12. The molecule has 116 valence electrons. The fourth-order valence-corrected chi connectivity index (χ4v) is 2.71. The van der Waals surface area contributed by atoms with E-state index in [9.17, 15) is 8.42 Å². The van der Waals surface area contributed by atoms with Crippen LogP contribution in [-0.2, 0) is 16.6 Å². The monoisotopic (exact) mass is 310 g/mol. The van der Waals surface area contributed by atoms with Crippen molar-refractivity contribution in [2.45, 2.75) is 30.8 Å². The highest BCUT2D eigenvalue weighted by Crippen LogP contribution is 2.28. The second-order valence-electron chi connectivity index (χ2n) is 5.24. The number of nitrogens with one attached hydrogen (secondary N) is 3. The molecule has 0 bridgehead atoms. The third kappa shape index (κ3) is 4.18. The maximum atomic E-state index is 11.6. The van der Waals surface area contributed by atoms with Gasteiger partial charge in [0.05, 0.1) is 4.90 Å². The summed E-state index contributed by atoms with van der Waals surface area (Å²) in [7, 11) is -0.228. The summed E-state index contributed by atoms with van der Waals surface area (Å²) in [6, 6.07) is 7.30. The Kier molecular flexibility index (Phi) is 4.84. The largest absolute Gasteiger partial charge is 0.353 e. The molecule has 1 aromatic rings. The number of aliphatic imine (C=N–C) groups is 1. The zero-order chi connectivity index (χ0) is 15.5. The Bertz CT molecular complexity index is 610. The third-order valence-corrected chi connectivity index (χ3v) is 5.05. The molecule has 2 rings (SSSR count). The number of hydrogen-bond donors (Lipinski definition) is 3. The van der Waals surface area contributed by atoms with Crippen LogP contribution in [0.3, 0.4) is 0 Å². The van der Waals surface area contributed by atoms with Crippen LogP contribution in [0.2, 0.25) is 0 Å². The second kappa shape index (κ2) is 6.44. The van der Waals surface area contributed by atoms with E-state index in [1.54, 1.807) is 31.3 Å². The normalized spacial score (nSPS) is 22.0. The zero-order valence-electron chi connectivity index (χ0n) is 12.6. The lowest BCUT2D eigenvalue weighted by atomic mass is 10.2. The zero-order valence-corrected chi connectivity index (χ0v) is 13.4. The average molecular weight is 310 g/mol. The Labute approximate surface area is 126 Å². The van der Waals surface area contributed by atoms with E-state index in [2.05, 4.69) is 27.3 Å². The van der Waals surface area contributed by atoms with E-state index in [0.29, 0.717) is 18.5 Å². The Morgan fingerprint density at radius 1 is 1.33 bits per heavy atom. The van der Waals surface area contributed by atoms with Crippen LogP contribution >= 0.6 is 0 Å². The predicted octanol–water partition coefficient (Wildman–Crippen LogP) is 0.668. The Balaban J connectivity index is 1.91. The highest BCUT2D eigenvalue weighted by molar-refractivity contribution is 7.89. The summed E-state index contributed by atoms with van der Waals surface area (Å²) in [5.41, 5.74) is 0.997. The quantitative estimate of drug-likeness (QED) is 0.551. The van der Waals surface area contributed by atoms with Crippen LogP contribution in [-0.4, -0.2) is 34.5 Å². The minimum absolute atomic E-state index is 0.267. The maximum Gasteiger partial charge on any atom is 0.240 e. The molecule has 0 radical (unpaired) electrons. The van der Waals surface area contributed by atoms with Gasteiger partial charge in [0.25, 0.3) is 0 Å². The van der Waals surface area contributed by atoms with Gasteiger partial charge in [0, 0.05) is 19.6 Å². The van der Waals surface area contributed by atoms with Crippen LogP contribution in [0.5, 0.6) is 0 Å². The summed E-state index contributed by atoms with van der Waals surface area (Å²) in [5, 5.41) is 6.56. The first-order valence-corrected chi connectivity index (χ1v) is 8.44. The summed E-state index contributed by atoms with van der Waals surface area (Å²) in [6.07, 6.45) is 1.18. The van der Waals surface area contributed by atoms with Gasteiger partial charge in [-0.25, -0.2) is 13.1 Å². The van der Waals surface area contributed by atoms with Crippen LogP contribution in [0.4, 0.5) is 0 Å². The summed E-state index contributed by atoms with van der Waals surface area (Å²) in [6.45, 7) is 2.80. The fraction of sp³-hybridized carbons (Fsp3) is 0.500. The second-order valence-corrected chi connectivity index (χ2v) is 7.13. The van der Waals surface area contributed by atoms with Crippen LogP contribution in [0.1, 0.15) is 18.9 Å². The standard InChI is InChI=1S/C14H22N4O2S/c1-10-8-13(10)18-14(15-2)17-9-11-4-6-12(7-5-11)21(19,20)16-3/h4-7,10,13,16H,8-9H2,1-3H3,(H2,15,17,18). The molecule has 0 aliphatic heterocycles. The number of guanidine groups is 1. The molecule has 1 fully saturated rings. The van der Waals surface area contributed by atoms with E-state index in [1.807, 2.05) is 0 Å². The molecule has 0 aromatic heterocycles. The molecule has 1 saturated carbocycles. The molecule has 1 aromatic carbocycles. The molecular weight excluding hydrogens is 288 g/mol. The Morgan fingerprint density at radius 2 is 1.95 bits per heavy atom. The molecule has 2 atom stereocenters. The topological polar surface area (TPSA) is 82.6 Å². The maximum absolute atomic E-state index is 11.6. The fourth-order valence-electron chi connectivity index (χ4n) is 1.98. The van der Waals surface area contributed by atoms with E-state index < -0.39 is 10.0 Å². The first kappa shape index (κ1) is 15.8. The van der Waals surface area contributed by atoms with Crippen LogP contribution in [0, 0.1) is 5.92 Å². The summed E-state index contributed by atoms with van der Waals surface area (Å²) < 4.78 is 25.6. The number of rotatable bonds is 5. The molecule has 1 aliphatic rings. The van der Waals surface area contributed by atoms with Crippen molar-refractivity contribution in [2.24, 2.45) is 10.9 Å². The predicted molar refractivity (Wildman–Crippen MR) is 83.6 cm³/mol. The molecule has 21 heavy (non-hydrogen) atoms. The van der Waals surface area contributed by atoms with Crippen molar-refractivity contribution in [1.82, 2.24) is 15.4 Å². The first-order valence-electron chi connectivity index (χ1n) is 6.96. The molecule has 6 nitrogen and oxygen atoms in total. The van der Waals surface area contributed by atoms with Crippen LogP contribution < -0.4 is 15.4 Å². The molecule has 0 spiro atoms. The van der Waals surface area contributed by atoms with Crippen molar-refractivity contribution in [3.05, 3.63) is 29.8 Å². The lowest BCUT2D eigenvalue weighted by molar-refractivity contribution is 0.588. The Hall–Kier alpha value is -1.60. The summed E-state index contributed by atoms with van der Waals surface area (Å²) >= 11 is 0. The van der Waals surface area contributed by atoms with Gasteiger partial charge in [0.15, 0.2) is 5.96 Å². The van der Waals surface area contributed by atoms with Gasteiger partial charge >= 0.3 is 0 Å². The van der Waals surface area contributed by atoms with E-state index >= 15 is 0 Å². The van der Waals surface area contributed by atoms with Crippen molar-refractivity contribution in [3.63, 3.8) is 0 Å². The summed E-state index contributed by atoms with van der Waals surface area (Å²) in [5.74, 6) is 1.48. The molecule has 1 aliphatic carbocycles. The molecule has 0 heterocycles. The van der Waals surface area contributed by atoms with Gasteiger partial charge in [-0.3, -0.25) is 4.99 Å². The molecule has 2 unspecified atom stereocenters. The van der Waals surface area contributed by atoms with E-state index in [-0.39, 0.29) is 4.90 Å². The first-order chi connectivity index (χ1) is 9.96.